The van der Waals surface area contributed by atoms with E-state index in [-0.39, 0.29) is 29.8 Å². The highest BCUT2D eigenvalue weighted by atomic mass is 32.2. The quantitative estimate of drug-likeness (QED) is 0.531. The topological polar surface area (TPSA) is 120 Å². The summed E-state index contributed by atoms with van der Waals surface area (Å²) in [5.74, 6) is -0.0105. The molecule has 0 unspecified atom stereocenters. The predicted molar refractivity (Wildman–Crippen MR) is 75.8 cm³/mol. The van der Waals surface area contributed by atoms with Crippen LogP contribution in [0.4, 0.5) is 18.9 Å². The molecule has 0 saturated carbocycles. The van der Waals surface area contributed by atoms with E-state index < -0.39 is 21.9 Å². The maximum Gasteiger partial charge on any atom is 0.416 e. The van der Waals surface area contributed by atoms with Crippen molar-refractivity contribution >= 4 is 15.9 Å². The number of alkyl halides is 3. The Bertz CT molecular complexity index is 725. The lowest BCUT2D eigenvalue weighted by Crippen LogP contribution is -2.37. The summed E-state index contributed by atoms with van der Waals surface area (Å²) >= 11 is 0. The van der Waals surface area contributed by atoms with Crippen molar-refractivity contribution in [1.29, 1.82) is 0 Å². The third-order valence-corrected chi connectivity index (χ3v) is 3.38. The molecular formula is C11H14F3N5O4S. The van der Waals surface area contributed by atoms with E-state index in [9.17, 15) is 26.8 Å². The van der Waals surface area contributed by atoms with Gasteiger partial charge in [-0.05, 0) is 18.2 Å². The number of halogens is 3. The van der Waals surface area contributed by atoms with Gasteiger partial charge in [0.2, 0.25) is 0 Å². The summed E-state index contributed by atoms with van der Waals surface area (Å²) in [5.41, 5.74) is -0.844. The zero-order chi connectivity index (χ0) is 18.0. The number of hydroxylamine groups is 3. The molecule has 0 aliphatic carbocycles. The Hall–Kier alpha value is -2.06. The van der Waals surface area contributed by atoms with Gasteiger partial charge in [-0.1, -0.05) is 11.3 Å². The molecule has 1 aromatic rings. The molecule has 1 aromatic carbocycles. The van der Waals surface area contributed by atoms with E-state index in [4.69, 9.17) is 10.1 Å². The molecule has 0 amide bonds. The van der Waals surface area contributed by atoms with E-state index in [1.807, 2.05) is 4.72 Å². The highest BCUT2D eigenvalue weighted by Gasteiger charge is 2.31. The fourth-order valence-electron chi connectivity index (χ4n) is 1.75. The number of rotatable bonds is 6. The summed E-state index contributed by atoms with van der Waals surface area (Å²) in [6, 6.07) is 4.29. The smallest absolute Gasteiger partial charge is 0.365 e. The summed E-state index contributed by atoms with van der Waals surface area (Å²) in [5, 5.41) is 18.1. The van der Waals surface area contributed by atoms with E-state index in [1.165, 1.54) is 18.3 Å². The lowest BCUT2D eigenvalue weighted by atomic mass is 10.2. The minimum Gasteiger partial charge on any atom is -0.365 e. The second-order valence-corrected chi connectivity index (χ2v) is 5.99. The lowest BCUT2D eigenvalue weighted by Gasteiger charge is -2.17. The first-order valence-electron chi connectivity index (χ1n) is 6.43. The third kappa shape index (κ3) is 4.97. The van der Waals surface area contributed by atoms with Crippen molar-refractivity contribution in [3.05, 3.63) is 41.8 Å². The molecule has 5 N–H and O–H groups in total. The van der Waals surface area contributed by atoms with E-state index >= 15 is 0 Å². The van der Waals surface area contributed by atoms with Crippen LogP contribution in [0.5, 0.6) is 0 Å². The van der Waals surface area contributed by atoms with Gasteiger partial charge in [0, 0.05) is 13.1 Å². The highest BCUT2D eigenvalue weighted by Crippen LogP contribution is 2.32. The minimum absolute atomic E-state index is 0.0105. The molecule has 1 aliphatic rings. The summed E-state index contributed by atoms with van der Waals surface area (Å²) < 4.78 is 61.5. The molecule has 1 heterocycles. The Kier molecular flexibility index (Phi) is 5.19. The van der Waals surface area contributed by atoms with Crippen LogP contribution in [0.15, 0.2) is 36.3 Å². The summed E-state index contributed by atoms with van der Waals surface area (Å²) in [6.45, 7) is -0.0350. The Morgan fingerprint density at radius 2 is 2.00 bits per heavy atom. The van der Waals surface area contributed by atoms with Gasteiger partial charge in [0.25, 0.3) is 10.2 Å². The Labute approximate surface area is 135 Å². The van der Waals surface area contributed by atoms with Crippen molar-refractivity contribution in [3.63, 3.8) is 0 Å². The standard InChI is InChI=1S/C11H14F3N5O4S/c12-11(13,14)8-2-1-3-9(6-8)18-7-10(19(20)23-18)16-4-5-17-24(15,21)22/h1-3,6-7,16-17,20H,4-5H2,(H2,15,21,22). The fraction of sp³-hybridized carbons (Fsp3) is 0.273. The number of nitrogens with two attached hydrogens (primary N) is 1. The zero-order valence-corrected chi connectivity index (χ0v) is 12.8. The highest BCUT2D eigenvalue weighted by molar-refractivity contribution is 7.87. The summed E-state index contributed by atoms with van der Waals surface area (Å²) in [4.78, 5) is 4.86. The van der Waals surface area contributed by atoms with Crippen LogP contribution in [-0.2, 0) is 21.3 Å². The molecule has 0 atom stereocenters. The molecule has 1 aliphatic heterocycles. The van der Waals surface area contributed by atoms with Crippen LogP contribution in [0.25, 0.3) is 0 Å². The lowest BCUT2D eigenvalue weighted by molar-refractivity contribution is -0.306. The monoisotopic (exact) mass is 369 g/mol. The number of benzene rings is 1. The van der Waals surface area contributed by atoms with Crippen molar-refractivity contribution in [2.45, 2.75) is 6.18 Å². The predicted octanol–water partition coefficient (Wildman–Crippen LogP) is 0.245. The summed E-state index contributed by atoms with van der Waals surface area (Å²) in [7, 11) is -3.84. The maximum atomic E-state index is 12.7. The van der Waals surface area contributed by atoms with Crippen LogP contribution in [0, 0.1) is 0 Å². The number of anilines is 1. The minimum atomic E-state index is -4.52. The Balaban J connectivity index is 2.02. The Morgan fingerprint density at radius 1 is 1.29 bits per heavy atom. The van der Waals surface area contributed by atoms with Crippen LogP contribution in [0.1, 0.15) is 5.56 Å². The van der Waals surface area contributed by atoms with Crippen molar-refractivity contribution in [3.8, 4) is 0 Å². The van der Waals surface area contributed by atoms with Crippen LogP contribution >= 0.6 is 0 Å². The van der Waals surface area contributed by atoms with Crippen molar-refractivity contribution in [2.75, 3.05) is 18.2 Å². The number of hydrogen-bond acceptors (Lipinski definition) is 7. The van der Waals surface area contributed by atoms with Gasteiger partial charge in [0.1, 0.15) is 0 Å². The van der Waals surface area contributed by atoms with Crippen molar-refractivity contribution < 1.29 is 31.7 Å². The number of nitrogens with zero attached hydrogens (tertiary/aromatic N) is 2. The number of nitrogens with one attached hydrogen (secondary N) is 2. The second kappa shape index (κ2) is 6.82. The van der Waals surface area contributed by atoms with Gasteiger partial charge in [-0.25, -0.2) is 9.86 Å². The average Bonchev–Trinajstić information content (AvgIpc) is 2.83. The van der Waals surface area contributed by atoms with Crippen molar-refractivity contribution in [2.24, 2.45) is 5.14 Å². The maximum absolute atomic E-state index is 12.7. The molecule has 0 spiro atoms. The largest absolute Gasteiger partial charge is 0.416 e. The molecule has 13 heteroatoms. The zero-order valence-electron chi connectivity index (χ0n) is 12.0. The first-order valence-corrected chi connectivity index (χ1v) is 7.97. The summed E-state index contributed by atoms with van der Waals surface area (Å²) in [6.07, 6.45) is -3.33. The molecule has 2 rings (SSSR count). The van der Waals surface area contributed by atoms with Crippen LogP contribution in [0.3, 0.4) is 0 Å². The SMILES string of the molecule is NS(=O)(=O)NCCNC1=CN(c2cccc(C(F)(F)F)c2)ON1O. The molecule has 0 aromatic heterocycles. The van der Waals surface area contributed by atoms with Gasteiger partial charge >= 0.3 is 6.18 Å². The molecular weight excluding hydrogens is 355 g/mol. The molecule has 0 saturated heterocycles. The van der Waals surface area contributed by atoms with E-state index in [0.29, 0.717) is 0 Å². The van der Waals surface area contributed by atoms with Gasteiger partial charge in [0.15, 0.2) is 5.82 Å². The van der Waals surface area contributed by atoms with Gasteiger partial charge in [-0.15, -0.1) is 4.94 Å². The molecule has 134 valence electrons. The van der Waals surface area contributed by atoms with E-state index in [2.05, 4.69) is 5.32 Å². The van der Waals surface area contributed by atoms with Crippen LogP contribution < -0.4 is 20.2 Å². The second-order valence-electron chi connectivity index (χ2n) is 4.61. The first-order chi connectivity index (χ1) is 11.1. The van der Waals surface area contributed by atoms with E-state index in [0.717, 1.165) is 17.2 Å². The fourth-order valence-corrected chi connectivity index (χ4v) is 2.14. The normalized spacial score (nSPS) is 15.6. The van der Waals surface area contributed by atoms with Gasteiger partial charge < -0.3 is 5.32 Å². The van der Waals surface area contributed by atoms with Crippen LogP contribution in [0.2, 0.25) is 0 Å². The molecule has 9 nitrogen and oxygen atoms in total. The third-order valence-electron chi connectivity index (χ3n) is 2.77. The molecule has 0 bridgehead atoms. The molecule has 0 radical (unpaired) electrons. The molecule has 24 heavy (non-hydrogen) atoms. The van der Waals surface area contributed by atoms with Gasteiger partial charge in [-0.3, -0.25) is 5.21 Å². The molecule has 0 fully saturated rings. The van der Waals surface area contributed by atoms with Crippen molar-refractivity contribution in [1.82, 2.24) is 15.3 Å². The van der Waals surface area contributed by atoms with Gasteiger partial charge in [0.05, 0.1) is 17.5 Å². The average molecular weight is 369 g/mol. The number of hydrogen-bond donors (Lipinski definition) is 4. The van der Waals surface area contributed by atoms with Crippen LogP contribution in [-0.4, -0.2) is 31.9 Å². The first kappa shape index (κ1) is 18.3. The Morgan fingerprint density at radius 3 is 2.62 bits per heavy atom. The van der Waals surface area contributed by atoms with Gasteiger partial charge in [-0.2, -0.15) is 26.7 Å². The van der Waals surface area contributed by atoms with E-state index in [1.54, 1.807) is 0 Å².